The SMILES string of the molecule is O=C(NCc1nccn1Cc1ccccc1)[C@@H]1CCC[C@H](O)C1. The van der Waals surface area contributed by atoms with Crippen molar-refractivity contribution < 1.29 is 9.90 Å². The number of aliphatic hydroxyl groups is 1. The van der Waals surface area contributed by atoms with E-state index in [-0.39, 0.29) is 17.9 Å². The summed E-state index contributed by atoms with van der Waals surface area (Å²) >= 11 is 0. The molecule has 2 N–H and O–H groups in total. The van der Waals surface area contributed by atoms with E-state index in [0.717, 1.165) is 31.6 Å². The van der Waals surface area contributed by atoms with Gasteiger partial charge in [0, 0.05) is 24.9 Å². The van der Waals surface area contributed by atoms with Crippen molar-refractivity contribution in [2.45, 2.75) is 44.9 Å². The van der Waals surface area contributed by atoms with Gasteiger partial charge in [0.15, 0.2) is 0 Å². The highest BCUT2D eigenvalue weighted by atomic mass is 16.3. The number of rotatable bonds is 5. The van der Waals surface area contributed by atoms with E-state index in [4.69, 9.17) is 0 Å². The van der Waals surface area contributed by atoms with Gasteiger partial charge in [-0.05, 0) is 24.8 Å². The van der Waals surface area contributed by atoms with Crippen LogP contribution in [0.4, 0.5) is 0 Å². The molecule has 2 atom stereocenters. The number of hydrogen-bond donors (Lipinski definition) is 2. The summed E-state index contributed by atoms with van der Waals surface area (Å²) in [5, 5.41) is 12.7. The highest BCUT2D eigenvalue weighted by molar-refractivity contribution is 5.78. The molecule has 0 saturated heterocycles. The molecule has 2 aromatic rings. The fourth-order valence-electron chi connectivity index (χ4n) is 3.14. The summed E-state index contributed by atoms with van der Waals surface area (Å²) < 4.78 is 2.05. The molecule has 0 bridgehead atoms. The van der Waals surface area contributed by atoms with Crippen LogP contribution >= 0.6 is 0 Å². The van der Waals surface area contributed by atoms with Gasteiger partial charge in [0.25, 0.3) is 0 Å². The number of carbonyl (C=O) groups excluding carboxylic acids is 1. The Morgan fingerprint density at radius 3 is 2.91 bits per heavy atom. The second-order valence-electron chi connectivity index (χ2n) is 6.19. The summed E-state index contributed by atoms with van der Waals surface area (Å²) in [6.45, 7) is 1.17. The lowest BCUT2D eigenvalue weighted by atomic mass is 9.87. The van der Waals surface area contributed by atoms with Gasteiger partial charge < -0.3 is 15.0 Å². The molecule has 0 aliphatic heterocycles. The van der Waals surface area contributed by atoms with Gasteiger partial charge in [-0.3, -0.25) is 4.79 Å². The molecule has 1 aliphatic rings. The van der Waals surface area contributed by atoms with Crippen molar-refractivity contribution in [2.75, 3.05) is 0 Å². The monoisotopic (exact) mass is 313 g/mol. The molecule has 1 aliphatic carbocycles. The predicted molar refractivity (Wildman–Crippen MR) is 87.6 cm³/mol. The molecule has 1 amide bonds. The minimum absolute atomic E-state index is 0.0259. The Labute approximate surface area is 136 Å². The van der Waals surface area contributed by atoms with Crippen LogP contribution in [0.25, 0.3) is 0 Å². The van der Waals surface area contributed by atoms with Crippen LogP contribution in [0.2, 0.25) is 0 Å². The topological polar surface area (TPSA) is 67.2 Å². The zero-order chi connectivity index (χ0) is 16.1. The van der Waals surface area contributed by atoms with Crippen LogP contribution in [0.1, 0.15) is 37.1 Å². The van der Waals surface area contributed by atoms with Gasteiger partial charge in [-0.1, -0.05) is 36.8 Å². The Morgan fingerprint density at radius 2 is 2.13 bits per heavy atom. The molecular formula is C18H23N3O2. The first-order valence-corrected chi connectivity index (χ1v) is 8.22. The van der Waals surface area contributed by atoms with E-state index in [1.807, 2.05) is 29.0 Å². The van der Waals surface area contributed by atoms with Crippen LogP contribution in [0.3, 0.4) is 0 Å². The van der Waals surface area contributed by atoms with Crippen molar-refractivity contribution >= 4 is 5.91 Å². The minimum atomic E-state index is -0.334. The summed E-state index contributed by atoms with van der Waals surface area (Å²) in [6.07, 6.45) is 6.52. The number of nitrogens with one attached hydrogen (secondary N) is 1. The van der Waals surface area contributed by atoms with E-state index in [2.05, 4.69) is 22.4 Å². The molecule has 0 spiro atoms. The number of aliphatic hydroxyl groups excluding tert-OH is 1. The van der Waals surface area contributed by atoms with Crippen LogP contribution in [-0.4, -0.2) is 26.7 Å². The quantitative estimate of drug-likeness (QED) is 0.888. The molecule has 5 heteroatoms. The van der Waals surface area contributed by atoms with E-state index >= 15 is 0 Å². The van der Waals surface area contributed by atoms with Crippen molar-refractivity contribution in [3.8, 4) is 0 Å². The van der Waals surface area contributed by atoms with Gasteiger partial charge in [0.05, 0.1) is 12.6 Å². The second kappa shape index (κ2) is 7.42. The zero-order valence-corrected chi connectivity index (χ0v) is 13.2. The van der Waals surface area contributed by atoms with E-state index in [1.165, 1.54) is 5.56 Å². The summed E-state index contributed by atoms with van der Waals surface area (Å²) in [7, 11) is 0. The first-order valence-electron chi connectivity index (χ1n) is 8.22. The van der Waals surface area contributed by atoms with Gasteiger partial charge in [0.2, 0.25) is 5.91 Å². The van der Waals surface area contributed by atoms with Gasteiger partial charge in [-0.25, -0.2) is 4.98 Å². The molecule has 122 valence electrons. The Kier molecular flexibility index (Phi) is 5.08. The molecule has 1 aromatic carbocycles. The molecule has 1 fully saturated rings. The van der Waals surface area contributed by atoms with Crippen molar-refractivity contribution in [3.05, 3.63) is 54.1 Å². The van der Waals surface area contributed by atoms with E-state index in [0.29, 0.717) is 13.0 Å². The third-order valence-corrected chi connectivity index (χ3v) is 4.44. The maximum Gasteiger partial charge on any atom is 0.223 e. The lowest BCUT2D eigenvalue weighted by molar-refractivity contribution is -0.127. The van der Waals surface area contributed by atoms with Crippen molar-refractivity contribution in [3.63, 3.8) is 0 Å². The smallest absolute Gasteiger partial charge is 0.223 e. The van der Waals surface area contributed by atoms with Crippen LogP contribution in [0, 0.1) is 5.92 Å². The van der Waals surface area contributed by atoms with Crippen LogP contribution in [-0.2, 0) is 17.9 Å². The molecule has 1 aromatic heterocycles. The number of hydrogen-bond acceptors (Lipinski definition) is 3. The van der Waals surface area contributed by atoms with Crippen molar-refractivity contribution in [1.29, 1.82) is 0 Å². The normalized spacial score (nSPS) is 21.1. The van der Waals surface area contributed by atoms with Crippen molar-refractivity contribution in [1.82, 2.24) is 14.9 Å². The number of benzene rings is 1. The van der Waals surface area contributed by atoms with E-state index < -0.39 is 0 Å². The number of aromatic nitrogens is 2. The number of carbonyl (C=O) groups is 1. The van der Waals surface area contributed by atoms with E-state index in [9.17, 15) is 9.90 Å². The molecular weight excluding hydrogens is 290 g/mol. The molecule has 3 rings (SSSR count). The highest BCUT2D eigenvalue weighted by Gasteiger charge is 2.25. The standard InChI is InChI=1S/C18H23N3O2/c22-16-8-4-7-15(11-16)18(23)20-12-17-19-9-10-21(17)13-14-5-2-1-3-6-14/h1-3,5-6,9-10,15-16,22H,4,7-8,11-13H2,(H,20,23)/t15-,16+/m1/s1. The average Bonchev–Trinajstić information content (AvgIpc) is 3.00. The Bertz CT molecular complexity index is 639. The first kappa shape index (κ1) is 15.7. The maximum atomic E-state index is 12.2. The Morgan fingerprint density at radius 1 is 1.30 bits per heavy atom. The van der Waals surface area contributed by atoms with E-state index in [1.54, 1.807) is 6.20 Å². The highest BCUT2D eigenvalue weighted by Crippen LogP contribution is 2.24. The first-order chi connectivity index (χ1) is 11.2. The zero-order valence-electron chi connectivity index (χ0n) is 13.2. The lowest BCUT2D eigenvalue weighted by Gasteiger charge is -2.24. The van der Waals surface area contributed by atoms with Crippen LogP contribution in [0.15, 0.2) is 42.7 Å². The molecule has 23 heavy (non-hydrogen) atoms. The maximum absolute atomic E-state index is 12.2. The summed E-state index contributed by atoms with van der Waals surface area (Å²) in [5.41, 5.74) is 1.20. The van der Waals surface area contributed by atoms with Gasteiger partial charge in [-0.2, -0.15) is 0 Å². The second-order valence-corrected chi connectivity index (χ2v) is 6.19. The Balaban J connectivity index is 1.56. The van der Waals surface area contributed by atoms with Gasteiger partial charge in [0.1, 0.15) is 5.82 Å². The summed E-state index contributed by atoms with van der Waals surface area (Å²) in [5.74, 6) is 0.799. The fraction of sp³-hybridized carbons (Fsp3) is 0.444. The summed E-state index contributed by atoms with van der Waals surface area (Å²) in [4.78, 5) is 16.6. The molecule has 1 saturated carbocycles. The molecule has 5 nitrogen and oxygen atoms in total. The molecule has 0 radical (unpaired) electrons. The number of nitrogens with zero attached hydrogens (tertiary/aromatic N) is 2. The minimum Gasteiger partial charge on any atom is -0.393 e. The third-order valence-electron chi connectivity index (χ3n) is 4.44. The predicted octanol–water partition coefficient (Wildman–Crippen LogP) is 2.10. The van der Waals surface area contributed by atoms with Crippen LogP contribution < -0.4 is 5.32 Å². The van der Waals surface area contributed by atoms with Crippen LogP contribution in [0.5, 0.6) is 0 Å². The van der Waals surface area contributed by atoms with Crippen molar-refractivity contribution in [2.24, 2.45) is 5.92 Å². The fourth-order valence-corrected chi connectivity index (χ4v) is 3.14. The lowest BCUT2D eigenvalue weighted by Crippen LogP contribution is -2.35. The number of amides is 1. The largest absolute Gasteiger partial charge is 0.393 e. The molecule has 0 unspecified atom stereocenters. The molecule has 1 heterocycles. The van der Waals surface area contributed by atoms with Gasteiger partial charge >= 0.3 is 0 Å². The summed E-state index contributed by atoms with van der Waals surface area (Å²) in [6, 6.07) is 10.2. The third kappa shape index (κ3) is 4.20. The Hall–Kier alpha value is -2.14. The van der Waals surface area contributed by atoms with Gasteiger partial charge in [-0.15, -0.1) is 0 Å². The number of imidazole rings is 1. The average molecular weight is 313 g/mol.